The van der Waals surface area contributed by atoms with Crippen molar-refractivity contribution in [2.45, 2.75) is 19.4 Å². The van der Waals surface area contributed by atoms with Gasteiger partial charge in [-0.05, 0) is 29.7 Å². The number of carbonyl (C=O) groups excluding carboxylic acids is 2. The van der Waals surface area contributed by atoms with Crippen LogP contribution in [0.3, 0.4) is 0 Å². The minimum Gasteiger partial charge on any atom is -0.352 e. The fourth-order valence-corrected chi connectivity index (χ4v) is 3.27. The Morgan fingerprint density at radius 3 is 2.64 bits per heavy atom. The Bertz CT molecular complexity index is 748. The van der Waals surface area contributed by atoms with Gasteiger partial charge in [-0.25, -0.2) is 0 Å². The van der Waals surface area contributed by atoms with Crippen molar-refractivity contribution in [1.82, 2.24) is 10.2 Å². The lowest BCUT2D eigenvalue weighted by molar-refractivity contribution is -0.129. The fourth-order valence-electron chi connectivity index (χ4n) is 3.05. The van der Waals surface area contributed by atoms with E-state index in [9.17, 15) is 9.59 Å². The predicted octanol–water partition coefficient (Wildman–Crippen LogP) is 3.05. The molecule has 2 amide bonds. The van der Waals surface area contributed by atoms with E-state index in [0.717, 1.165) is 12.0 Å². The maximum atomic E-state index is 12.3. The first-order valence-electron chi connectivity index (χ1n) is 8.45. The van der Waals surface area contributed by atoms with E-state index in [1.165, 1.54) is 5.56 Å². The number of amides is 2. The molecule has 3 rings (SSSR count). The minimum atomic E-state index is -0.276. The third-order valence-corrected chi connectivity index (χ3v) is 4.69. The molecular weight excluding hydrogens is 336 g/mol. The maximum Gasteiger partial charge on any atom is 0.225 e. The van der Waals surface area contributed by atoms with Crippen molar-refractivity contribution in [2.24, 2.45) is 5.92 Å². The van der Waals surface area contributed by atoms with Gasteiger partial charge in [0.05, 0.1) is 5.92 Å². The average molecular weight is 357 g/mol. The van der Waals surface area contributed by atoms with Crippen molar-refractivity contribution in [2.75, 3.05) is 13.1 Å². The van der Waals surface area contributed by atoms with Crippen LogP contribution in [-0.4, -0.2) is 29.8 Å². The number of carbonyl (C=O) groups is 2. The Balaban J connectivity index is 1.48. The van der Waals surface area contributed by atoms with Gasteiger partial charge >= 0.3 is 0 Å². The van der Waals surface area contributed by atoms with E-state index in [1.54, 1.807) is 11.0 Å². The first-order valence-corrected chi connectivity index (χ1v) is 8.83. The summed E-state index contributed by atoms with van der Waals surface area (Å²) in [7, 11) is 0. The number of likely N-dealkylation sites (tertiary alicyclic amines) is 1. The average Bonchev–Trinajstić information content (AvgIpc) is 3.00. The van der Waals surface area contributed by atoms with E-state index in [1.807, 2.05) is 36.4 Å². The van der Waals surface area contributed by atoms with Crippen LogP contribution in [-0.2, 0) is 22.6 Å². The molecule has 1 saturated heterocycles. The molecule has 5 heteroatoms. The van der Waals surface area contributed by atoms with E-state index in [2.05, 4.69) is 17.4 Å². The maximum absolute atomic E-state index is 12.3. The van der Waals surface area contributed by atoms with E-state index < -0.39 is 0 Å². The number of nitrogens with one attached hydrogen (secondary N) is 1. The first-order chi connectivity index (χ1) is 12.1. The van der Waals surface area contributed by atoms with Crippen LogP contribution in [0, 0.1) is 5.92 Å². The number of hydrogen-bond donors (Lipinski definition) is 1. The molecule has 0 unspecified atom stereocenters. The molecule has 1 heterocycles. The molecular formula is C20H21ClN2O2. The highest BCUT2D eigenvalue weighted by Gasteiger charge is 2.33. The van der Waals surface area contributed by atoms with Crippen LogP contribution in [0.1, 0.15) is 17.5 Å². The molecule has 0 saturated carbocycles. The highest BCUT2D eigenvalue weighted by atomic mass is 35.5. The SMILES string of the molecule is O=C(NCc1cccc(Cl)c1)[C@H]1CC(=O)N(CCc2ccccc2)C1. The monoisotopic (exact) mass is 356 g/mol. The molecule has 1 aliphatic rings. The zero-order chi connectivity index (χ0) is 17.6. The summed E-state index contributed by atoms with van der Waals surface area (Å²) in [5.74, 6) is -0.295. The Kier molecular flexibility index (Phi) is 5.71. The van der Waals surface area contributed by atoms with Crippen molar-refractivity contribution in [3.63, 3.8) is 0 Å². The quantitative estimate of drug-likeness (QED) is 0.864. The molecule has 130 valence electrons. The van der Waals surface area contributed by atoms with Crippen molar-refractivity contribution < 1.29 is 9.59 Å². The summed E-state index contributed by atoms with van der Waals surface area (Å²) >= 11 is 5.95. The van der Waals surface area contributed by atoms with Gasteiger partial charge in [-0.1, -0.05) is 54.1 Å². The second-order valence-corrected chi connectivity index (χ2v) is 6.76. The zero-order valence-electron chi connectivity index (χ0n) is 14.0. The highest BCUT2D eigenvalue weighted by Crippen LogP contribution is 2.19. The van der Waals surface area contributed by atoms with E-state index in [4.69, 9.17) is 11.6 Å². The van der Waals surface area contributed by atoms with Gasteiger partial charge in [0, 0.05) is 31.1 Å². The molecule has 0 bridgehead atoms. The molecule has 2 aromatic rings. The Morgan fingerprint density at radius 1 is 1.12 bits per heavy atom. The summed E-state index contributed by atoms with van der Waals surface area (Å²) < 4.78 is 0. The number of hydrogen-bond acceptors (Lipinski definition) is 2. The second kappa shape index (κ2) is 8.17. The topological polar surface area (TPSA) is 49.4 Å². The van der Waals surface area contributed by atoms with Gasteiger partial charge in [0.15, 0.2) is 0 Å². The van der Waals surface area contributed by atoms with Crippen LogP contribution in [0.25, 0.3) is 0 Å². The summed E-state index contributed by atoms with van der Waals surface area (Å²) in [6, 6.07) is 17.5. The molecule has 1 fully saturated rings. The predicted molar refractivity (Wildman–Crippen MR) is 98.1 cm³/mol. The van der Waals surface area contributed by atoms with Crippen molar-refractivity contribution in [3.8, 4) is 0 Å². The van der Waals surface area contributed by atoms with Gasteiger partial charge in [-0.3, -0.25) is 9.59 Å². The molecule has 1 atom stereocenters. The van der Waals surface area contributed by atoms with Crippen molar-refractivity contribution >= 4 is 23.4 Å². The smallest absolute Gasteiger partial charge is 0.225 e. The number of rotatable bonds is 6. The summed E-state index contributed by atoms with van der Waals surface area (Å²) in [5.41, 5.74) is 2.15. The van der Waals surface area contributed by atoms with Gasteiger partial charge in [-0.15, -0.1) is 0 Å². The summed E-state index contributed by atoms with van der Waals surface area (Å²) in [5, 5.41) is 3.55. The molecule has 4 nitrogen and oxygen atoms in total. The first kappa shape index (κ1) is 17.5. The summed E-state index contributed by atoms with van der Waals surface area (Å²) in [4.78, 5) is 26.3. The van der Waals surface area contributed by atoms with E-state index in [-0.39, 0.29) is 24.2 Å². The van der Waals surface area contributed by atoms with Gasteiger partial charge in [-0.2, -0.15) is 0 Å². The molecule has 0 aliphatic carbocycles. The third-order valence-electron chi connectivity index (χ3n) is 4.45. The van der Waals surface area contributed by atoms with Crippen LogP contribution in [0.5, 0.6) is 0 Å². The lowest BCUT2D eigenvalue weighted by Crippen LogP contribution is -2.33. The molecule has 0 spiro atoms. The lowest BCUT2D eigenvalue weighted by atomic mass is 10.1. The van der Waals surface area contributed by atoms with E-state index in [0.29, 0.717) is 24.7 Å². The molecule has 1 N–H and O–H groups in total. The van der Waals surface area contributed by atoms with Gasteiger partial charge < -0.3 is 10.2 Å². The van der Waals surface area contributed by atoms with Crippen LogP contribution in [0.2, 0.25) is 5.02 Å². The van der Waals surface area contributed by atoms with Crippen LogP contribution >= 0.6 is 11.6 Å². The van der Waals surface area contributed by atoms with E-state index >= 15 is 0 Å². The second-order valence-electron chi connectivity index (χ2n) is 6.32. The van der Waals surface area contributed by atoms with Crippen molar-refractivity contribution in [1.29, 1.82) is 0 Å². The highest BCUT2D eigenvalue weighted by molar-refractivity contribution is 6.30. The Morgan fingerprint density at radius 2 is 1.88 bits per heavy atom. The zero-order valence-corrected chi connectivity index (χ0v) is 14.7. The molecule has 2 aromatic carbocycles. The van der Waals surface area contributed by atoms with Crippen LogP contribution in [0.15, 0.2) is 54.6 Å². The number of halogens is 1. The normalized spacial score (nSPS) is 16.9. The van der Waals surface area contributed by atoms with Gasteiger partial charge in [0.1, 0.15) is 0 Å². The third kappa shape index (κ3) is 4.83. The number of benzene rings is 2. The summed E-state index contributed by atoms with van der Waals surface area (Å²) in [6.45, 7) is 1.57. The molecule has 25 heavy (non-hydrogen) atoms. The molecule has 0 aromatic heterocycles. The summed E-state index contributed by atoms with van der Waals surface area (Å²) in [6.07, 6.45) is 1.10. The Hall–Kier alpha value is -2.33. The molecule has 0 radical (unpaired) electrons. The van der Waals surface area contributed by atoms with Gasteiger partial charge in [0.2, 0.25) is 11.8 Å². The minimum absolute atomic E-state index is 0.0545. The lowest BCUT2D eigenvalue weighted by Gasteiger charge is -2.16. The largest absolute Gasteiger partial charge is 0.352 e. The number of nitrogens with zero attached hydrogens (tertiary/aromatic N) is 1. The fraction of sp³-hybridized carbons (Fsp3) is 0.300. The molecule has 1 aliphatic heterocycles. The standard InChI is InChI=1S/C20H21ClN2O2/c21-18-8-4-7-16(11-18)13-22-20(25)17-12-19(24)23(14-17)10-9-15-5-2-1-3-6-15/h1-8,11,17H,9-10,12-14H2,(H,22,25)/t17-/m0/s1. The van der Waals surface area contributed by atoms with Gasteiger partial charge in [0.25, 0.3) is 0 Å². The van der Waals surface area contributed by atoms with Crippen molar-refractivity contribution in [3.05, 3.63) is 70.7 Å². The van der Waals surface area contributed by atoms with Crippen LogP contribution in [0.4, 0.5) is 0 Å². The Labute approximate surface area is 152 Å². The van der Waals surface area contributed by atoms with Crippen LogP contribution < -0.4 is 5.32 Å².